The van der Waals surface area contributed by atoms with E-state index in [0.717, 1.165) is 12.2 Å². The van der Waals surface area contributed by atoms with E-state index in [4.69, 9.17) is 10.2 Å². The van der Waals surface area contributed by atoms with Crippen molar-refractivity contribution in [1.29, 1.82) is 0 Å². The van der Waals surface area contributed by atoms with Crippen molar-refractivity contribution in [3.8, 4) is 0 Å². The number of aldehydes is 1. The van der Waals surface area contributed by atoms with Gasteiger partial charge in [-0.25, -0.2) is 9.59 Å². The molecule has 80 valence electrons. The van der Waals surface area contributed by atoms with Gasteiger partial charge in [-0.3, -0.25) is 4.79 Å². The van der Waals surface area contributed by atoms with Crippen LogP contribution in [0.2, 0.25) is 0 Å². The maximum Gasteiger partial charge on any atom is 0.237 e. The number of rotatable bonds is 6. The van der Waals surface area contributed by atoms with E-state index in [9.17, 15) is 19.2 Å². The number of aliphatic imine (C=N–C) groups is 2. The van der Waals surface area contributed by atoms with Crippen LogP contribution in [0, 0.1) is 0 Å². The standard InChI is InChI=1S/C7H6N2O6/c10-1-4(13)5(14)6(15)7(8-2-11)9-3-12/h1,4-5,7,13-14H. The summed E-state index contributed by atoms with van der Waals surface area (Å²) in [6, 6.07) is 0. The summed E-state index contributed by atoms with van der Waals surface area (Å²) >= 11 is 0. The number of nitrogens with zero attached hydrogens (tertiary/aromatic N) is 2. The molecule has 0 fully saturated rings. The first-order chi connectivity index (χ1) is 7.08. The lowest BCUT2D eigenvalue weighted by atomic mass is 10.1. The highest BCUT2D eigenvalue weighted by Gasteiger charge is 2.30. The number of Topliss-reactive ketones (excluding diaryl/α,β-unsaturated/α-hetero) is 1. The number of hydrogen-bond acceptors (Lipinski definition) is 8. The molecule has 0 aliphatic carbocycles. The molecule has 0 rings (SSSR count). The van der Waals surface area contributed by atoms with E-state index < -0.39 is 24.2 Å². The molecule has 0 heterocycles. The third-order valence-corrected chi connectivity index (χ3v) is 1.36. The Bertz CT molecular complexity index is 323. The van der Waals surface area contributed by atoms with Crippen molar-refractivity contribution in [2.24, 2.45) is 9.98 Å². The van der Waals surface area contributed by atoms with Crippen molar-refractivity contribution in [1.82, 2.24) is 0 Å². The predicted molar refractivity (Wildman–Crippen MR) is 43.1 cm³/mol. The van der Waals surface area contributed by atoms with Crippen molar-refractivity contribution in [3.63, 3.8) is 0 Å². The van der Waals surface area contributed by atoms with Crippen molar-refractivity contribution in [2.45, 2.75) is 18.4 Å². The highest BCUT2D eigenvalue weighted by molar-refractivity contribution is 5.91. The molecule has 0 radical (unpaired) electrons. The van der Waals surface area contributed by atoms with Gasteiger partial charge in [-0.05, 0) is 0 Å². The number of carbonyl (C=O) groups excluding carboxylic acids is 4. The smallest absolute Gasteiger partial charge is 0.237 e. The lowest BCUT2D eigenvalue weighted by Gasteiger charge is -2.11. The predicted octanol–water partition coefficient (Wildman–Crippen LogP) is -2.53. The fourth-order valence-electron chi connectivity index (χ4n) is 0.651. The van der Waals surface area contributed by atoms with Crippen molar-refractivity contribution < 1.29 is 29.4 Å². The first kappa shape index (κ1) is 13.0. The van der Waals surface area contributed by atoms with Crippen LogP contribution in [0.15, 0.2) is 9.98 Å². The van der Waals surface area contributed by atoms with E-state index in [1.165, 1.54) is 0 Å². The van der Waals surface area contributed by atoms with Gasteiger partial charge >= 0.3 is 0 Å². The molecule has 2 unspecified atom stereocenters. The van der Waals surface area contributed by atoms with Crippen LogP contribution in [0.4, 0.5) is 0 Å². The molecule has 8 heteroatoms. The number of ketones is 1. The number of carbonyl (C=O) groups is 2. The second kappa shape index (κ2) is 6.47. The monoisotopic (exact) mass is 214 g/mol. The lowest BCUT2D eigenvalue weighted by Crippen LogP contribution is -2.40. The van der Waals surface area contributed by atoms with Gasteiger partial charge in [0, 0.05) is 0 Å². The van der Waals surface area contributed by atoms with Gasteiger partial charge in [-0.15, -0.1) is 0 Å². The largest absolute Gasteiger partial charge is 0.382 e. The highest BCUT2D eigenvalue weighted by Crippen LogP contribution is 2.01. The molecule has 0 aliphatic rings. The Kier molecular flexibility index (Phi) is 5.62. The van der Waals surface area contributed by atoms with Crippen LogP contribution in [0.3, 0.4) is 0 Å². The van der Waals surface area contributed by atoms with Gasteiger partial charge in [-0.2, -0.15) is 9.98 Å². The molecule has 0 saturated heterocycles. The molecule has 0 bridgehead atoms. The minimum atomic E-state index is -2.11. The van der Waals surface area contributed by atoms with Crippen molar-refractivity contribution in [3.05, 3.63) is 0 Å². The van der Waals surface area contributed by atoms with Gasteiger partial charge in [-0.1, -0.05) is 0 Å². The molecular weight excluding hydrogens is 208 g/mol. The summed E-state index contributed by atoms with van der Waals surface area (Å²) in [5.41, 5.74) is 0. The average Bonchev–Trinajstić information content (AvgIpc) is 2.25. The van der Waals surface area contributed by atoms with Crippen molar-refractivity contribution >= 4 is 24.2 Å². The Morgan fingerprint density at radius 1 is 1.20 bits per heavy atom. The summed E-state index contributed by atoms with van der Waals surface area (Å²) in [4.78, 5) is 46.3. The Morgan fingerprint density at radius 3 is 2.00 bits per heavy atom. The number of aliphatic hydroxyl groups excluding tert-OH is 2. The highest BCUT2D eigenvalue weighted by atomic mass is 16.3. The molecule has 2 atom stereocenters. The van der Waals surface area contributed by atoms with E-state index >= 15 is 0 Å². The van der Waals surface area contributed by atoms with Gasteiger partial charge in [0.15, 0.2) is 6.29 Å². The maximum absolute atomic E-state index is 11.1. The summed E-state index contributed by atoms with van der Waals surface area (Å²) in [5, 5.41) is 17.8. The van der Waals surface area contributed by atoms with Crippen LogP contribution in [0.25, 0.3) is 0 Å². The van der Waals surface area contributed by atoms with E-state index in [2.05, 4.69) is 9.98 Å². The third kappa shape index (κ3) is 3.72. The van der Waals surface area contributed by atoms with Crippen LogP contribution < -0.4 is 0 Å². The molecule has 0 amide bonds. The Labute approximate surface area is 83.0 Å². The summed E-state index contributed by atoms with van der Waals surface area (Å²) < 4.78 is 0. The fourth-order valence-corrected chi connectivity index (χ4v) is 0.651. The van der Waals surface area contributed by atoms with Crippen LogP contribution >= 0.6 is 0 Å². The third-order valence-electron chi connectivity index (χ3n) is 1.36. The second-order valence-corrected chi connectivity index (χ2v) is 2.29. The Balaban J connectivity index is 4.84. The molecule has 8 nitrogen and oxygen atoms in total. The van der Waals surface area contributed by atoms with Gasteiger partial charge in [0.2, 0.25) is 24.1 Å². The average molecular weight is 214 g/mol. The van der Waals surface area contributed by atoms with Crippen molar-refractivity contribution in [2.75, 3.05) is 0 Å². The van der Waals surface area contributed by atoms with E-state index in [0.29, 0.717) is 0 Å². The van der Waals surface area contributed by atoms with Crippen LogP contribution in [-0.2, 0) is 19.2 Å². The van der Waals surface area contributed by atoms with E-state index in [1.807, 2.05) is 0 Å². The van der Waals surface area contributed by atoms with Gasteiger partial charge in [0.1, 0.15) is 12.2 Å². The molecule has 0 aliphatic heterocycles. The summed E-state index contributed by atoms with van der Waals surface area (Å²) in [6.45, 7) is 0. The molecule has 15 heavy (non-hydrogen) atoms. The summed E-state index contributed by atoms with van der Waals surface area (Å²) in [7, 11) is 0. The second-order valence-electron chi connectivity index (χ2n) is 2.29. The van der Waals surface area contributed by atoms with Gasteiger partial charge < -0.3 is 15.0 Å². The Hall–Kier alpha value is -1.98. The molecule has 0 aromatic heterocycles. The first-order valence-corrected chi connectivity index (χ1v) is 3.57. The molecule has 0 aromatic rings. The number of isocyanates is 2. The zero-order valence-corrected chi connectivity index (χ0v) is 7.23. The normalized spacial score (nSPS) is 15.1. The minimum Gasteiger partial charge on any atom is -0.382 e. The lowest BCUT2D eigenvalue weighted by molar-refractivity contribution is -0.138. The molecule has 0 spiro atoms. The van der Waals surface area contributed by atoms with E-state index in [-0.39, 0.29) is 6.29 Å². The maximum atomic E-state index is 11.1. The minimum absolute atomic E-state index is 0.0884. The molecule has 0 aromatic carbocycles. The van der Waals surface area contributed by atoms with Crippen LogP contribution in [-0.4, -0.2) is 52.8 Å². The zero-order chi connectivity index (χ0) is 11.8. The molecule has 0 saturated carbocycles. The first-order valence-electron chi connectivity index (χ1n) is 3.57. The molecular formula is C7H6N2O6. The SMILES string of the molecule is O=C=NC(N=C=O)C(=O)C(O)C(O)C=O. The quantitative estimate of drug-likeness (QED) is 0.284. The fraction of sp³-hybridized carbons (Fsp3) is 0.429. The molecule has 2 N–H and O–H groups in total. The van der Waals surface area contributed by atoms with Gasteiger partial charge in [0.05, 0.1) is 0 Å². The van der Waals surface area contributed by atoms with Crippen LogP contribution in [0.5, 0.6) is 0 Å². The van der Waals surface area contributed by atoms with Crippen LogP contribution in [0.1, 0.15) is 0 Å². The topological polar surface area (TPSA) is 133 Å². The summed E-state index contributed by atoms with van der Waals surface area (Å²) in [6.07, 6.45) is -4.12. The van der Waals surface area contributed by atoms with E-state index in [1.54, 1.807) is 0 Å². The summed E-state index contributed by atoms with van der Waals surface area (Å²) in [5.74, 6) is -1.28. The van der Waals surface area contributed by atoms with Gasteiger partial charge in [0.25, 0.3) is 0 Å². The zero-order valence-electron chi connectivity index (χ0n) is 7.23. The number of hydrogen-bond donors (Lipinski definition) is 2. The number of aliphatic hydroxyl groups is 2. The Morgan fingerprint density at radius 2 is 1.67 bits per heavy atom.